The molecule has 1 N–H and O–H groups in total. The van der Waals surface area contributed by atoms with Gasteiger partial charge in [0.05, 0.1) is 12.2 Å². The SMILES string of the molecule is Cc1ccc2c(c1)C1(SCCN1C(=O)Nc1ccc(C)c(F)c1)C(=O)N2Cc1ccccc1F. The molecule has 5 nitrogen and oxygen atoms in total. The molecule has 1 unspecified atom stereocenters. The Balaban J connectivity index is 1.53. The summed E-state index contributed by atoms with van der Waals surface area (Å²) in [5.74, 6) is -0.538. The van der Waals surface area contributed by atoms with Crippen LogP contribution in [0.3, 0.4) is 0 Å². The molecule has 5 rings (SSSR count). The zero-order valence-electron chi connectivity index (χ0n) is 18.8. The third kappa shape index (κ3) is 3.53. The molecule has 3 aromatic carbocycles. The molecule has 0 bridgehead atoms. The lowest BCUT2D eigenvalue weighted by molar-refractivity contribution is -0.123. The lowest BCUT2D eigenvalue weighted by atomic mass is 10.0. The number of nitrogens with one attached hydrogen (secondary N) is 1. The van der Waals surface area contributed by atoms with Gasteiger partial charge in [0, 0.05) is 29.1 Å². The number of urea groups is 1. The highest BCUT2D eigenvalue weighted by molar-refractivity contribution is 8.01. The van der Waals surface area contributed by atoms with E-state index in [4.69, 9.17) is 0 Å². The fourth-order valence-electron chi connectivity index (χ4n) is 4.54. The van der Waals surface area contributed by atoms with Crippen LogP contribution in [0, 0.1) is 25.5 Å². The minimum absolute atomic E-state index is 0.0580. The molecular weight excluding hydrogens is 456 g/mol. The summed E-state index contributed by atoms with van der Waals surface area (Å²) in [6.07, 6.45) is 0. The molecule has 2 aliphatic heterocycles. The Hall–Kier alpha value is -3.39. The van der Waals surface area contributed by atoms with Gasteiger partial charge < -0.3 is 10.2 Å². The molecule has 3 aromatic rings. The first-order valence-electron chi connectivity index (χ1n) is 11.0. The van der Waals surface area contributed by atoms with Crippen LogP contribution >= 0.6 is 11.8 Å². The summed E-state index contributed by atoms with van der Waals surface area (Å²) in [6, 6.07) is 16.0. The molecule has 174 valence electrons. The third-order valence-corrected chi connectivity index (χ3v) is 7.72. The van der Waals surface area contributed by atoms with Crippen LogP contribution in [0.5, 0.6) is 0 Å². The lowest BCUT2D eigenvalue weighted by Gasteiger charge is -2.33. The van der Waals surface area contributed by atoms with Crippen LogP contribution < -0.4 is 10.2 Å². The van der Waals surface area contributed by atoms with E-state index in [1.54, 1.807) is 42.2 Å². The van der Waals surface area contributed by atoms with Gasteiger partial charge in [-0.3, -0.25) is 9.69 Å². The number of rotatable bonds is 3. The van der Waals surface area contributed by atoms with Crippen LogP contribution in [0.4, 0.5) is 25.0 Å². The number of hydrogen-bond donors (Lipinski definition) is 1. The molecule has 2 aliphatic rings. The van der Waals surface area contributed by atoms with E-state index in [9.17, 15) is 18.4 Å². The number of benzene rings is 3. The topological polar surface area (TPSA) is 52.7 Å². The molecule has 8 heteroatoms. The zero-order valence-corrected chi connectivity index (χ0v) is 19.6. The molecule has 0 aliphatic carbocycles. The van der Waals surface area contributed by atoms with E-state index < -0.39 is 16.7 Å². The van der Waals surface area contributed by atoms with E-state index in [2.05, 4.69) is 5.32 Å². The molecule has 3 amide bonds. The van der Waals surface area contributed by atoms with E-state index in [0.717, 1.165) is 5.56 Å². The van der Waals surface area contributed by atoms with Gasteiger partial charge in [0.15, 0.2) is 4.87 Å². The van der Waals surface area contributed by atoms with Gasteiger partial charge in [0.25, 0.3) is 5.91 Å². The van der Waals surface area contributed by atoms with Crippen molar-refractivity contribution in [2.24, 2.45) is 0 Å². The molecule has 2 heterocycles. The molecule has 34 heavy (non-hydrogen) atoms. The summed E-state index contributed by atoms with van der Waals surface area (Å²) >= 11 is 1.39. The summed E-state index contributed by atoms with van der Waals surface area (Å²) in [7, 11) is 0. The molecule has 0 aromatic heterocycles. The van der Waals surface area contributed by atoms with E-state index in [1.165, 1.54) is 28.8 Å². The first-order valence-corrected chi connectivity index (χ1v) is 11.9. The number of halogens is 2. The zero-order chi connectivity index (χ0) is 24.0. The first kappa shape index (κ1) is 22.4. The quantitative estimate of drug-likeness (QED) is 0.535. The van der Waals surface area contributed by atoms with E-state index in [1.807, 2.05) is 25.1 Å². The number of hydrogen-bond acceptors (Lipinski definition) is 3. The molecule has 0 radical (unpaired) electrons. The van der Waals surface area contributed by atoms with E-state index in [0.29, 0.717) is 40.4 Å². The Morgan fingerprint density at radius 2 is 1.85 bits per heavy atom. The number of aryl methyl sites for hydroxylation is 2. The van der Waals surface area contributed by atoms with Crippen molar-refractivity contribution in [3.63, 3.8) is 0 Å². The van der Waals surface area contributed by atoms with Gasteiger partial charge in [-0.1, -0.05) is 42.0 Å². The van der Waals surface area contributed by atoms with Crippen molar-refractivity contribution in [3.8, 4) is 0 Å². The molecule has 1 fully saturated rings. The predicted octanol–water partition coefficient (Wildman–Crippen LogP) is 5.56. The van der Waals surface area contributed by atoms with Crippen LogP contribution in [0.25, 0.3) is 0 Å². The van der Waals surface area contributed by atoms with Crippen LogP contribution in [0.2, 0.25) is 0 Å². The smallest absolute Gasteiger partial charge is 0.308 e. The monoisotopic (exact) mass is 479 g/mol. The van der Waals surface area contributed by atoms with Gasteiger partial charge in [-0.2, -0.15) is 0 Å². The second-order valence-electron chi connectivity index (χ2n) is 8.54. The Morgan fingerprint density at radius 3 is 2.62 bits per heavy atom. The van der Waals surface area contributed by atoms with Crippen LogP contribution in [-0.2, 0) is 16.2 Å². The Morgan fingerprint density at radius 1 is 1.06 bits per heavy atom. The minimum Gasteiger partial charge on any atom is -0.308 e. The van der Waals surface area contributed by atoms with Gasteiger partial charge in [-0.25, -0.2) is 13.6 Å². The van der Waals surface area contributed by atoms with Gasteiger partial charge in [-0.15, -0.1) is 11.8 Å². The molecule has 0 saturated carbocycles. The summed E-state index contributed by atoms with van der Waals surface area (Å²) in [5, 5.41) is 2.75. The van der Waals surface area contributed by atoms with E-state index >= 15 is 0 Å². The van der Waals surface area contributed by atoms with Crippen molar-refractivity contribution in [1.82, 2.24) is 4.90 Å². The number of carbonyl (C=O) groups excluding carboxylic acids is 2. The molecule has 1 spiro atoms. The van der Waals surface area contributed by atoms with Crippen molar-refractivity contribution in [1.29, 1.82) is 0 Å². The first-order chi connectivity index (χ1) is 16.3. The Kier molecular flexibility index (Phi) is 5.56. The standard InChI is InChI=1S/C26H23F2N3O2S/c1-16-7-10-23-20(13-16)26(24(32)30(23)15-18-5-3-4-6-21(18)27)31(11-12-34-26)25(33)29-19-9-8-17(2)22(28)14-19/h3-10,13-14H,11-12,15H2,1-2H3,(H,29,33). The van der Waals surface area contributed by atoms with Gasteiger partial charge >= 0.3 is 6.03 Å². The number of amides is 3. The fourth-order valence-corrected chi connectivity index (χ4v) is 6.00. The van der Waals surface area contributed by atoms with Gasteiger partial charge in [-0.05, 0) is 43.7 Å². The van der Waals surface area contributed by atoms with Crippen molar-refractivity contribution >= 4 is 35.1 Å². The highest BCUT2D eigenvalue weighted by Crippen LogP contribution is 2.54. The number of anilines is 2. The lowest BCUT2D eigenvalue weighted by Crippen LogP contribution is -2.51. The van der Waals surface area contributed by atoms with E-state index in [-0.39, 0.29) is 18.3 Å². The second kappa shape index (κ2) is 8.43. The third-order valence-electron chi connectivity index (χ3n) is 6.30. The maximum absolute atomic E-state index is 14.4. The highest BCUT2D eigenvalue weighted by atomic mass is 32.2. The highest BCUT2D eigenvalue weighted by Gasteiger charge is 2.59. The van der Waals surface area contributed by atoms with Crippen LogP contribution in [0.1, 0.15) is 22.3 Å². The summed E-state index contributed by atoms with van der Waals surface area (Å²) < 4.78 is 28.5. The molecular formula is C26H23F2N3O2S. The number of fused-ring (bicyclic) bond motifs is 2. The number of carbonyl (C=O) groups is 2. The molecule has 1 atom stereocenters. The van der Waals surface area contributed by atoms with Gasteiger partial charge in [0.2, 0.25) is 0 Å². The summed E-state index contributed by atoms with van der Waals surface area (Å²) in [5.41, 5.74) is 3.51. The number of thioether (sulfide) groups is 1. The van der Waals surface area contributed by atoms with Crippen molar-refractivity contribution in [2.75, 3.05) is 22.5 Å². The van der Waals surface area contributed by atoms with Crippen molar-refractivity contribution < 1.29 is 18.4 Å². The number of nitrogens with zero attached hydrogens (tertiary/aromatic N) is 2. The van der Waals surface area contributed by atoms with Crippen molar-refractivity contribution in [3.05, 3.63) is 94.6 Å². The summed E-state index contributed by atoms with van der Waals surface area (Å²) in [4.78, 5) is 29.2. The van der Waals surface area contributed by atoms with Gasteiger partial charge in [0.1, 0.15) is 11.6 Å². The fraction of sp³-hybridized carbons (Fsp3) is 0.231. The van der Waals surface area contributed by atoms with Crippen LogP contribution in [0.15, 0.2) is 60.7 Å². The average molecular weight is 480 g/mol. The maximum Gasteiger partial charge on any atom is 0.323 e. The Bertz CT molecular complexity index is 1310. The largest absolute Gasteiger partial charge is 0.323 e. The minimum atomic E-state index is -1.26. The molecule has 1 saturated heterocycles. The van der Waals surface area contributed by atoms with Crippen LogP contribution in [-0.4, -0.2) is 29.1 Å². The average Bonchev–Trinajstić information content (AvgIpc) is 3.35. The van der Waals surface area contributed by atoms with Crippen molar-refractivity contribution in [2.45, 2.75) is 25.3 Å². The second-order valence-corrected chi connectivity index (χ2v) is 9.83. The Labute approximate surface area is 200 Å². The normalized spacial score (nSPS) is 19.1. The predicted molar refractivity (Wildman–Crippen MR) is 130 cm³/mol. The maximum atomic E-state index is 14.4. The summed E-state index contributed by atoms with van der Waals surface area (Å²) in [6.45, 7) is 3.98.